The predicted molar refractivity (Wildman–Crippen MR) is 57.7 cm³/mol. The number of nitrogens with one attached hydrogen (secondary N) is 2. The Balaban J connectivity index is 2.27. The fourth-order valence-electron chi connectivity index (χ4n) is 1.49. The van der Waals surface area contributed by atoms with Crippen LogP contribution in [0.1, 0.15) is 0 Å². The Morgan fingerprint density at radius 3 is 3.06 bits per heavy atom. The van der Waals surface area contributed by atoms with E-state index in [1.165, 1.54) is 12.4 Å². The summed E-state index contributed by atoms with van der Waals surface area (Å²) in [6.45, 7) is 0. The normalized spacial score (nSPS) is 10.8. The molecule has 0 radical (unpaired) electrons. The lowest BCUT2D eigenvalue weighted by Gasteiger charge is -1.92. The van der Waals surface area contributed by atoms with Crippen LogP contribution in [0.25, 0.3) is 22.6 Å². The van der Waals surface area contributed by atoms with Crippen LogP contribution in [0.2, 0.25) is 0 Å². The van der Waals surface area contributed by atoms with Crippen LogP contribution in [0.4, 0.5) is 0 Å². The van der Waals surface area contributed by atoms with Crippen molar-refractivity contribution in [2.75, 3.05) is 0 Å². The van der Waals surface area contributed by atoms with Gasteiger partial charge in [0.05, 0.1) is 11.8 Å². The Morgan fingerprint density at radius 1 is 1.31 bits per heavy atom. The van der Waals surface area contributed by atoms with Gasteiger partial charge in [-0.2, -0.15) is 0 Å². The van der Waals surface area contributed by atoms with Gasteiger partial charge in [-0.1, -0.05) is 0 Å². The van der Waals surface area contributed by atoms with Crippen LogP contribution in [0.15, 0.2) is 35.8 Å². The Hall–Kier alpha value is -2.50. The van der Waals surface area contributed by atoms with Gasteiger partial charge in [0.1, 0.15) is 17.7 Å². The van der Waals surface area contributed by atoms with E-state index in [4.69, 9.17) is 0 Å². The summed E-state index contributed by atoms with van der Waals surface area (Å²) in [7, 11) is 0. The van der Waals surface area contributed by atoms with Crippen molar-refractivity contribution in [2.45, 2.75) is 0 Å². The number of H-pyrrole nitrogens is 2. The van der Waals surface area contributed by atoms with Gasteiger partial charge < -0.3 is 9.97 Å². The van der Waals surface area contributed by atoms with Crippen molar-refractivity contribution in [1.82, 2.24) is 24.9 Å². The van der Waals surface area contributed by atoms with E-state index >= 15 is 0 Å². The van der Waals surface area contributed by atoms with Crippen LogP contribution in [0, 0.1) is 0 Å². The largest absolute Gasteiger partial charge is 0.367 e. The lowest BCUT2D eigenvalue weighted by atomic mass is 10.3. The molecule has 0 bridgehead atoms. The summed E-state index contributed by atoms with van der Waals surface area (Å²) >= 11 is 0. The van der Waals surface area contributed by atoms with Crippen molar-refractivity contribution in [3.8, 4) is 11.4 Å². The average molecular weight is 213 g/mol. The van der Waals surface area contributed by atoms with E-state index in [0.717, 1.165) is 0 Å². The second-order valence-corrected chi connectivity index (χ2v) is 3.27. The molecule has 0 saturated carbocycles. The Bertz CT molecular complexity index is 666. The fourth-order valence-corrected chi connectivity index (χ4v) is 1.49. The van der Waals surface area contributed by atoms with Crippen molar-refractivity contribution >= 4 is 11.2 Å². The van der Waals surface area contributed by atoms with E-state index in [2.05, 4.69) is 24.9 Å². The van der Waals surface area contributed by atoms with E-state index in [1.807, 2.05) is 0 Å². The molecule has 6 nitrogen and oxygen atoms in total. The molecule has 0 amide bonds. The second kappa shape index (κ2) is 3.27. The molecule has 16 heavy (non-hydrogen) atoms. The molecule has 0 aliphatic heterocycles. The zero-order valence-electron chi connectivity index (χ0n) is 8.14. The van der Waals surface area contributed by atoms with Gasteiger partial charge in [0, 0.05) is 18.5 Å². The zero-order valence-corrected chi connectivity index (χ0v) is 8.14. The molecule has 3 aromatic rings. The first-order valence-electron chi connectivity index (χ1n) is 4.68. The molecular formula is C10H7N5O. The lowest BCUT2D eigenvalue weighted by Crippen LogP contribution is -2.03. The van der Waals surface area contributed by atoms with Gasteiger partial charge in [0.25, 0.3) is 0 Å². The number of aromatic nitrogens is 5. The van der Waals surface area contributed by atoms with Crippen LogP contribution >= 0.6 is 0 Å². The average Bonchev–Trinajstić information content (AvgIpc) is 2.73. The SMILES string of the molecule is O=c1cc[nH]cc1-c1nc2ncncc2[nH]1. The van der Waals surface area contributed by atoms with E-state index in [-0.39, 0.29) is 5.43 Å². The van der Waals surface area contributed by atoms with E-state index in [9.17, 15) is 4.79 Å². The number of fused-ring (bicyclic) bond motifs is 1. The first-order valence-corrected chi connectivity index (χ1v) is 4.68. The standard InChI is InChI=1S/C10H7N5O/c16-8-1-2-11-3-6(8)9-14-7-4-12-5-13-10(7)15-9/h1-5H,(H,11,16)(H,12,13,14,15). The molecular weight excluding hydrogens is 206 g/mol. The van der Waals surface area contributed by atoms with Gasteiger partial charge in [0.15, 0.2) is 11.1 Å². The summed E-state index contributed by atoms with van der Waals surface area (Å²) < 4.78 is 0. The first-order chi connectivity index (χ1) is 7.84. The number of aromatic amines is 2. The van der Waals surface area contributed by atoms with Crippen LogP contribution in [0.5, 0.6) is 0 Å². The molecule has 3 aromatic heterocycles. The Kier molecular flexibility index (Phi) is 1.79. The lowest BCUT2D eigenvalue weighted by molar-refractivity contribution is 1.20. The van der Waals surface area contributed by atoms with E-state index in [0.29, 0.717) is 22.6 Å². The first kappa shape index (κ1) is 8.78. The molecule has 0 saturated heterocycles. The second-order valence-electron chi connectivity index (χ2n) is 3.27. The highest BCUT2D eigenvalue weighted by Gasteiger charge is 2.08. The molecule has 0 fully saturated rings. The van der Waals surface area contributed by atoms with Gasteiger partial charge in [-0.05, 0) is 0 Å². The minimum Gasteiger partial charge on any atom is -0.367 e. The van der Waals surface area contributed by atoms with Gasteiger partial charge in [0.2, 0.25) is 0 Å². The summed E-state index contributed by atoms with van der Waals surface area (Å²) in [5, 5.41) is 0. The molecule has 0 aromatic carbocycles. The minimum absolute atomic E-state index is 0.0919. The minimum atomic E-state index is -0.0919. The fraction of sp³-hybridized carbons (Fsp3) is 0. The number of rotatable bonds is 1. The quantitative estimate of drug-likeness (QED) is 0.623. The third kappa shape index (κ3) is 1.28. The Labute approximate surface area is 89.4 Å². The maximum Gasteiger partial charge on any atom is 0.192 e. The number of hydrogen-bond acceptors (Lipinski definition) is 4. The smallest absolute Gasteiger partial charge is 0.192 e. The third-order valence-corrected chi connectivity index (χ3v) is 2.24. The van der Waals surface area contributed by atoms with Crippen molar-refractivity contribution < 1.29 is 0 Å². The summed E-state index contributed by atoms with van der Waals surface area (Å²) in [4.78, 5) is 29.5. The molecule has 3 heterocycles. The van der Waals surface area contributed by atoms with Gasteiger partial charge in [-0.15, -0.1) is 0 Å². The van der Waals surface area contributed by atoms with Gasteiger partial charge in [-0.3, -0.25) is 4.79 Å². The number of nitrogens with zero attached hydrogens (tertiary/aromatic N) is 3. The zero-order chi connectivity index (χ0) is 11.0. The van der Waals surface area contributed by atoms with Gasteiger partial charge >= 0.3 is 0 Å². The number of imidazole rings is 1. The van der Waals surface area contributed by atoms with Crippen molar-refractivity contribution in [3.63, 3.8) is 0 Å². The summed E-state index contributed by atoms with van der Waals surface area (Å²) in [6, 6.07) is 1.45. The van der Waals surface area contributed by atoms with Crippen LogP contribution < -0.4 is 5.43 Å². The maximum atomic E-state index is 11.6. The van der Waals surface area contributed by atoms with Crippen molar-refractivity contribution in [1.29, 1.82) is 0 Å². The predicted octanol–water partition coefficient (Wildman–Crippen LogP) is 0.708. The molecule has 0 aliphatic rings. The van der Waals surface area contributed by atoms with Crippen LogP contribution in [-0.2, 0) is 0 Å². The molecule has 0 unspecified atom stereocenters. The molecule has 0 atom stereocenters. The molecule has 0 spiro atoms. The molecule has 2 N–H and O–H groups in total. The van der Waals surface area contributed by atoms with Crippen LogP contribution in [0.3, 0.4) is 0 Å². The van der Waals surface area contributed by atoms with Gasteiger partial charge in [-0.25, -0.2) is 15.0 Å². The number of hydrogen-bond donors (Lipinski definition) is 2. The number of pyridine rings is 1. The summed E-state index contributed by atoms with van der Waals surface area (Å²) in [6.07, 6.45) is 6.22. The molecule has 3 rings (SSSR count). The summed E-state index contributed by atoms with van der Waals surface area (Å²) in [5.41, 5.74) is 1.65. The van der Waals surface area contributed by atoms with Crippen LogP contribution in [-0.4, -0.2) is 24.9 Å². The molecule has 0 aliphatic carbocycles. The molecule has 78 valence electrons. The molecule has 6 heteroatoms. The van der Waals surface area contributed by atoms with Crippen molar-refractivity contribution in [2.24, 2.45) is 0 Å². The highest BCUT2D eigenvalue weighted by molar-refractivity contribution is 5.74. The summed E-state index contributed by atoms with van der Waals surface area (Å²) in [5.74, 6) is 0.498. The van der Waals surface area contributed by atoms with Crippen molar-refractivity contribution in [3.05, 3.63) is 41.2 Å². The Morgan fingerprint density at radius 2 is 2.25 bits per heavy atom. The topological polar surface area (TPSA) is 87.3 Å². The highest BCUT2D eigenvalue weighted by atomic mass is 16.1. The van der Waals surface area contributed by atoms with E-state index < -0.39 is 0 Å². The third-order valence-electron chi connectivity index (χ3n) is 2.24. The monoisotopic (exact) mass is 213 g/mol. The highest BCUT2D eigenvalue weighted by Crippen LogP contribution is 2.13. The van der Waals surface area contributed by atoms with E-state index in [1.54, 1.807) is 18.6 Å². The maximum absolute atomic E-state index is 11.6.